The molecule has 16 heavy (non-hydrogen) atoms. The molecule has 0 fully saturated rings. The Balaban J connectivity index is 3.85. The molecule has 0 aromatic carbocycles. The topological polar surface area (TPSA) is 64.3 Å². The molecule has 96 valence electrons. The fraction of sp³-hybridized carbons (Fsp3) is 0.889. The highest BCUT2D eigenvalue weighted by atomic mass is 19.4. The van der Waals surface area contributed by atoms with Crippen LogP contribution in [0, 0.1) is 0 Å². The normalized spacial score (nSPS) is 14.4. The first-order valence-corrected chi connectivity index (χ1v) is 4.79. The van der Waals surface area contributed by atoms with Crippen molar-refractivity contribution in [3.05, 3.63) is 0 Å². The Bertz CT molecular complexity index is 236. The van der Waals surface area contributed by atoms with Crippen molar-refractivity contribution in [1.82, 2.24) is 5.32 Å². The lowest BCUT2D eigenvalue weighted by molar-refractivity contribution is -0.137. The highest BCUT2D eigenvalue weighted by molar-refractivity contribution is 5.67. The molecule has 0 spiro atoms. The first kappa shape index (κ1) is 15.0. The van der Waals surface area contributed by atoms with Crippen molar-refractivity contribution >= 4 is 6.09 Å². The Morgan fingerprint density at radius 1 is 1.38 bits per heavy atom. The van der Waals surface area contributed by atoms with Gasteiger partial charge in [0, 0.05) is 12.6 Å². The van der Waals surface area contributed by atoms with E-state index in [2.05, 4.69) is 5.32 Å². The Morgan fingerprint density at radius 2 is 1.88 bits per heavy atom. The first-order valence-electron chi connectivity index (χ1n) is 4.79. The van der Waals surface area contributed by atoms with E-state index in [9.17, 15) is 18.0 Å². The van der Waals surface area contributed by atoms with Crippen LogP contribution in [0.2, 0.25) is 0 Å². The van der Waals surface area contributed by atoms with Gasteiger partial charge in [-0.1, -0.05) is 0 Å². The molecule has 1 amide bonds. The predicted octanol–water partition coefficient (Wildman–Crippen LogP) is 1.79. The van der Waals surface area contributed by atoms with Crippen LogP contribution < -0.4 is 11.1 Å². The zero-order chi connectivity index (χ0) is 13.0. The molecule has 0 aliphatic rings. The molecule has 7 heteroatoms. The molecule has 0 aromatic rings. The van der Waals surface area contributed by atoms with E-state index in [4.69, 9.17) is 10.5 Å². The zero-order valence-electron chi connectivity index (χ0n) is 9.52. The average molecular weight is 242 g/mol. The number of rotatable bonds is 3. The minimum Gasteiger partial charge on any atom is -0.444 e. The number of carbonyl (C=O) groups excluding carboxylic acids is 1. The summed E-state index contributed by atoms with van der Waals surface area (Å²) in [5.74, 6) is 0. The second-order valence-corrected chi connectivity index (χ2v) is 4.46. The van der Waals surface area contributed by atoms with Gasteiger partial charge in [-0.3, -0.25) is 0 Å². The van der Waals surface area contributed by atoms with Gasteiger partial charge in [0.15, 0.2) is 0 Å². The standard InChI is InChI=1S/C9H17F3N2O2/c1-8(2,3)16-7(15)14-5-6(13)4-9(10,11)12/h6H,4-5,13H2,1-3H3,(H,14,15). The molecule has 0 radical (unpaired) electrons. The summed E-state index contributed by atoms with van der Waals surface area (Å²) in [5, 5.41) is 2.18. The summed E-state index contributed by atoms with van der Waals surface area (Å²) in [6.45, 7) is 4.70. The molecular weight excluding hydrogens is 225 g/mol. The maximum atomic E-state index is 11.9. The highest BCUT2D eigenvalue weighted by Crippen LogP contribution is 2.20. The van der Waals surface area contributed by atoms with Crippen LogP contribution in [0.25, 0.3) is 0 Å². The van der Waals surface area contributed by atoms with Crippen molar-refractivity contribution in [3.8, 4) is 0 Å². The lowest BCUT2D eigenvalue weighted by atomic mass is 10.2. The number of nitrogens with one attached hydrogen (secondary N) is 1. The third-order valence-corrected chi connectivity index (χ3v) is 1.40. The predicted molar refractivity (Wildman–Crippen MR) is 52.9 cm³/mol. The SMILES string of the molecule is CC(C)(C)OC(=O)NCC(N)CC(F)(F)F. The van der Waals surface area contributed by atoms with Gasteiger partial charge in [0.25, 0.3) is 0 Å². The largest absolute Gasteiger partial charge is 0.444 e. The molecule has 0 aliphatic heterocycles. The molecule has 0 aromatic heterocycles. The van der Waals surface area contributed by atoms with Crippen LogP contribution in [0.4, 0.5) is 18.0 Å². The molecule has 0 saturated carbocycles. The number of alkyl carbamates (subject to hydrolysis) is 1. The van der Waals surface area contributed by atoms with Gasteiger partial charge in [0.2, 0.25) is 0 Å². The number of halogens is 3. The Morgan fingerprint density at radius 3 is 2.25 bits per heavy atom. The zero-order valence-corrected chi connectivity index (χ0v) is 9.52. The molecule has 0 heterocycles. The average Bonchev–Trinajstić information content (AvgIpc) is 1.94. The van der Waals surface area contributed by atoms with Crippen molar-refractivity contribution in [2.24, 2.45) is 5.73 Å². The van der Waals surface area contributed by atoms with E-state index in [1.165, 1.54) is 0 Å². The fourth-order valence-corrected chi connectivity index (χ4v) is 0.898. The van der Waals surface area contributed by atoms with Crippen LogP contribution in [-0.4, -0.2) is 30.5 Å². The summed E-state index contributed by atoms with van der Waals surface area (Å²) in [7, 11) is 0. The Labute approximate surface area is 92.3 Å². The number of hydrogen-bond donors (Lipinski definition) is 2. The van der Waals surface area contributed by atoms with Crippen molar-refractivity contribution in [2.45, 2.75) is 45.0 Å². The molecule has 0 bridgehead atoms. The van der Waals surface area contributed by atoms with E-state index >= 15 is 0 Å². The second kappa shape index (κ2) is 5.38. The van der Waals surface area contributed by atoms with Crippen molar-refractivity contribution in [2.75, 3.05) is 6.54 Å². The van der Waals surface area contributed by atoms with Crippen LogP contribution in [0.3, 0.4) is 0 Å². The van der Waals surface area contributed by atoms with E-state index in [0.29, 0.717) is 0 Å². The van der Waals surface area contributed by atoms with E-state index in [1.807, 2.05) is 0 Å². The van der Waals surface area contributed by atoms with Crippen LogP contribution in [0.1, 0.15) is 27.2 Å². The Hall–Kier alpha value is -0.980. The maximum Gasteiger partial charge on any atom is 0.407 e. The van der Waals surface area contributed by atoms with E-state index in [0.717, 1.165) is 0 Å². The first-order chi connectivity index (χ1) is 6.99. The lowest BCUT2D eigenvalue weighted by Crippen LogP contribution is -2.42. The van der Waals surface area contributed by atoms with Gasteiger partial charge in [-0.25, -0.2) is 4.79 Å². The summed E-state index contributed by atoms with van der Waals surface area (Å²) in [6, 6.07) is -1.16. The third-order valence-electron chi connectivity index (χ3n) is 1.40. The number of nitrogens with two attached hydrogens (primary N) is 1. The van der Waals surface area contributed by atoms with E-state index < -0.39 is 30.3 Å². The molecular formula is C9H17F3N2O2. The van der Waals surface area contributed by atoms with E-state index in [-0.39, 0.29) is 6.54 Å². The van der Waals surface area contributed by atoms with Gasteiger partial charge in [0.05, 0.1) is 6.42 Å². The maximum absolute atomic E-state index is 11.9. The van der Waals surface area contributed by atoms with Crippen molar-refractivity contribution < 1.29 is 22.7 Å². The quantitative estimate of drug-likeness (QED) is 0.793. The fourth-order valence-electron chi connectivity index (χ4n) is 0.898. The third kappa shape index (κ3) is 9.57. The summed E-state index contributed by atoms with van der Waals surface area (Å²) in [4.78, 5) is 11.1. The molecule has 3 N–H and O–H groups in total. The van der Waals surface area contributed by atoms with Gasteiger partial charge in [0.1, 0.15) is 5.60 Å². The molecule has 4 nitrogen and oxygen atoms in total. The van der Waals surface area contributed by atoms with Crippen LogP contribution in [0.15, 0.2) is 0 Å². The van der Waals surface area contributed by atoms with Crippen LogP contribution in [-0.2, 0) is 4.74 Å². The molecule has 0 saturated heterocycles. The summed E-state index contributed by atoms with van der Waals surface area (Å²) < 4.78 is 40.5. The monoisotopic (exact) mass is 242 g/mol. The molecule has 1 unspecified atom stereocenters. The number of carbonyl (C=O) groups is 1. The van der Waals surface area contributed by atoms with Gasteiger partial charge in [-0.15, -0.1) is 0 Å². The number of hydrogen-bond acceptors (Lipinski definition) is 3. The van der Waals surface area contributed by atoms with Crippen LogP contribution >= 0.6 is 0 Å². The number of alkyl halides is 3. The smallest absolute Gasteiger partial charge is 0.407 e. The van der Waals surface area contributed by atoms with Crippen LogP contribution in [0.5, 0.6) is 0 Å². The summed E-state index contributed by atoms with van der Waals surface area (Å²) in [6.07, 6.45) is -6.23. The summed E-state index contributed by atoms with van der Waals surface area (Å²) in [5.41, 5.74) is 4.50. The van der Waals surface area contributed by atoms with Crippen molar-refractivity contribution in [1.29, 1.82) is 0 Å². The Kier molecular flexibility index (Phi) is 5.05. The van der Waals surface area contributed by atoms with E-state index in [1.54, 1.807) is 20.8 Å². The molecule has 1 atom stereocenters. The van der Waals surface area contributed by atoms with Gasteiger partial charge >= 0.3 is 12.3 Å². The minimum atomic E-state index is -4.32. The van der Waals surface area contributed by atoms with Gasteiger partial charge in [-0.05, 0) is 20.8 Å². The van der Waals surface area contributed by atoms with Crippen molar-refractivity contribution in [3.63, 3.8) is 0 Å². The number of amides is 1. The highest BCUT2D eigenvalue weighted by Gasteiger charge is 2.30. The molecule has 0 rings (SSSR count). The van der Waals surface area contributed by atoms with Gasteiger partial charge < -0.3 is 15.8 Å². The minimum absolute atomic E-state index is 0.269. The second-order valence-electron chi connectivity index (χ2n) is 4.46. The van der Waals surface area contributed by atoms with Gasteiger partial charge in [-0.2, -0.15) is 13.2 Å². The molecule has 0 aliphatic carbocycles. The lowest BCUT2D eigenvalue weighted by Gasteiger charge is -2.21. The summed E-state index contributed by atoms with van der Waals surface area (Å²) >= 11 is 0. The number of ether oxygens (including phenoxy) is 1.